The molecule has 3 amide bonds. The average molecular weight is 417 g/mol. The van der Waals surface area contributed by atoms with Crippen LogP contribution in [0.1, 0.15) is 44.2 Å². The molecule has 2 aromatic rings. The normalized spacial score (nSPS) is 19.8. The summed E-state index contributed by atoms with van der Waals surface area (Å²) in [7, 11) is 1.82. The molecule has 1 saturated heterocycles. The summed E-state index contributed by atoms with van der Waals surface area (Å²) in [6.45, 7) is 1.88. The Bertz CT molecular complexity index is 892. The molecule has 0 spiro atoms. The summed E-state index contributed by atoms with van der Waals surface area (Å²) in [6, 6.07) is 7.64. The van der Waals surface area contributed by atoms with Gasteiger partial charge in [-0.25, -0.2) is 4.79 Å². The van der Waals surface area contributed by atoms with Crippen LogP contribution in [-0.4, -0.2) is 52.9 Å². The lowest BCUT2D eigenvalue weighted by molar-refractivity contribution is -0.134. The predicted octanol–water partition coefficient (Wildman–Crippen LogP) is 4.14. The molecule has 1 aliphatic carbocycles. The molecule has 1 atom stereocenters. The van der Waals surface area contributed by atoms with Gasteiger partial charge in [-0.1, -0.05) is 18.0 Å². The molecule has 2 heterocycles. The minimum atomic E-state index is -0.111. The number of likely N-dealkylation sites (tertiary alicyclic amines) is 1. The zero-order valence-corrected chi connectivity index (χ0v) is 17.7. The quantitative estimate of drug-likeness (QED) is 0.768. The molecule has 6 nitrogen and oxygen atoms in total. The van der Waals surface area contributed by atoms with Gasteiger partial charge in [-0.05, 0) is 55.9 Å². The van der Waals surface area contributed by atoms with E-state index in [0.717, 1.165) is 36.0 Å². The molecule has 7 heteroatoms. The van der Waals surface area contributed by atoms with Crippen molar-refractivity contribution in [2.75, 3.05) is 20.1 Å². The molecule has 1 saturated carbocycles. The monoisotopic (exact) mass is 416 g/mol. The Kier molecular flexibility index (Phi) is 5.99. The van der Waals surface area contributed by atoms with Crippen molar-refractivity contribution in [3.05, 3.63) is 35.0 Å². The summed E-state index contributed by atoms with van der Waals surface area (Å²) in [5, 5.41) is 4.71. The van der Waals surface area contributed by atoms with Crippen molar-refractivity contribution < 1.29 is 9.59 Å². The molecule has 1 aliphatic heterocycles. The first-order valence-corrected chi connectivity index (χ1v) is 10.9. The summed E-state index contributed by atoms with van der Waals surface area (Å²) in [6.07, 6.45) is 6.18. The van der Waals surface area contributed by atoms with Gasteiger partial charge in [-0.2, -0.15) is 0 Å². The summed E-state index contributed by atoms with van der Waals surface area (Å²) < 4.78 is 0. The maximum Gasteiger partial charge on any atom is 0.317 e. The van der Waals surface area contributed by atoms with E-state index in [9.17, 15) is 9.59 Å². The number of piperidine rings is 1. The Balaban J connectivity index is 1.29. The van der Waals surface area contributed by atoms with Gasteiger partial charge in [0.15, 0.2) is 0 Å². The second kappa shape index (κ2) is 8.66. The standard InChI is InChI=1S/C22H29ClN4O2/c1-26(19-6-3-9-27(14-19)21(28)10-15-4-2-5-15)22(29)24-13-18-12-16-11-17(23)7-8-20(16)25-18/h7-8,11-12,15,19,25H,2-6,9-10,13-14H2,1H3,(H,24,29). The summed E-state index contributed by atoms with van der Waals surface area (Å²) >= 11 is 6.04. The van der Waals surface area contributed by atoms with Crippen LogP contribution >= 0.6 is 11.6 Å². The Hall–Kier alpha value is -2.21. The molecule has 1 aromatic heterocycles. The van der Waals surface area contributed by atoms with Crippen molar-refractivity contribution in [3.63, 3.8) is 0 Å². The van der Waals surface area contributed by atoms with Crippen molar-refractivity contribution in [2.24, 2.45) is 5.92 Å². The Morgan fingerprint density at radius 3 is 2.83 bits per heavy atom. The molecule has 0 bridgehead atoms. The maximum atomic E-state index is 12.7. The number of aromatic nitrogens is 1. The topological polar surface area (TPSA) is 68.4 Å². The van der Waals surface area contributed by atoms with Crippen LogP contribution in [0.25, 0.3) is 10.9 Å². The van der Waals surface area contributed by atoms with Crippen LogP contribution in [-0.2, 0) is 11.3 Å². The van der Waals surface area contributed by atoms with Crippen molar-refractivity contribution in [2.45, 2.75) is 51.1 Å². The number of urea groups is 1. The molecule has 156 valence electrons. The number of rotatable bonds is 5. The number of aromatic amines is 1. The molecule has 4 rings (SSSR count). The number of hydrogen-bond donors (Lipinski definition) is 2. The molecule has 29 heavy (non-hydrogen) atoms. The number of hydrogen-bond acceptors (Lipinski definition) is 2. The number of fused-ring (bicyclic) bond motifs is 1. The van der Waals surface area contributed by atoms with Crippen LogP contribution < -0.4 is 5.32 Å². The molecular weight excluding hydrogens is 388 g/mol. The molecule has 2 aliphatic rings. The van der Waals surface area contributed by atoms with Gasteiger partial charge < -0.3 is 20.1 Å². The van der Waals surface area contributed by atoms with E-state index in [0.29, 0.717) is 30.5 Å². The lowest BCUT2D eigenvalue weighted by atomic mass is 9.82. The van der Waals surface area contributed by atoms with Crippen molar-refractivity contribution >= 4 is 34.4 Å². The van der Waals surface area contributed by atoms with Crippen molar-refractivity contribution in [1.82, 2.24) is 20.1 Å². The van der Waals surface area contributed by atoms with Crippen LogP contribution in [0, 0.1) is 5.92 Å². The third-order valence-corrected chi connectivity index (χ3v) is 6.61. The molecule has 2 N–H and O–H groups in total. The highest BCUT2D eigenvalue weighted by molar-refractivity contribution is 6.31. The average Bonchev–Trinajstić information content (AvgIpc) is 3.10. The lowest BCUT2D eigenvalue weighted by Gasteiger charge is -2.38. The van der Waals surface area contributed by atoms with Gasteiger partial charge in [0.1, 0.15) is 0 Å². The van der Waals surface area contributed by atoms with E-state index in [4.69, 9.17) is 11.6 Å². The van der Waals surface area contributed by atoms with E-state index >= 15 is 0 Å². The van der Waals surface area contributed by atoms with E-state index in [-0.39, 0.29) is 18.0 Å². The van der Waals surface area contributed by atoms with Gasteiger partial charge in [0.05, 0.1) is 12.6 Å². The zero-order valence-electron chi connectivity index (χ0n) is 16.9. The Morgan fingerprint density at radius 2 is 2.07 bits per heavy atom. The second-order valence-corrected chi connectivity index (χ2v) is 8.87. The Labute approximate surface area is 176 Å². The highest BCUT2D eigenvalue weighted by atomic mass is 35.5. The van der Waals surface area contributed by atoms with Gasteiger partial charge in [0, 0.05) is 48.2 Å². The van der Waals surface area contributed by atoms with Crippen LogP contribution in [0.3, 0.4) is 0 Å². The second-order valence-electron chi connectivity index (χ2n) is 8.43. The number of benzene rings is 1. The van der Waals surface area contributed by atoms with Gasteiger partial charge in [-0.15, -0.1) is 0 Å². The first-order chi connectivity index (χ1) is 14.0. The fourth-order valence-corrected chi connectivity index (χ4v) is 4.47. The van der Waals surface area contributed by atoms with Gasteiger partial charge >= 0.3 is 6.03 Å². The minimum Gasteiger partial charge on any atom is -0.357 e. The maximum absolute atomic E-state index is 12.7. The van der Waals surface area contributed by atoms with Crippen LogP contribution in [0.2, 0.25) is 5.02 Å². The molecule has 1 aromatic carbocycles. The van der Waals surface area contributed by atoms with Crippen LogP contribution in [0.5, 0.6) is 0 Å². The molecule has 0 radical (unpaired) electrons. The minimum absolute atomic E-state index is 0.0654. The number of halogens is 1. The molecule has 2 fully saturated rings. The van der Waals surface area contributed by atoms with Crippen LogP contribution in [0.15, 0.2) is 24.3 Å². The largest absolute Gasteiger partial charge is 0.357 e. The van der Waals surface area contributed by atoms with E-state index in [1.54, 1.807) is 4.90 Å². The Morgan fingerprint density at radius 1 is 1.24 bits per heavy atom. The number of nitrogens with one attached hydrogen (secondary N) is 2. The summed E-state index contributed by atoms with van der Waals surface area (Å²) in [5.74, 6) is 0.833. The van der Waals surface area contributed by atoms with Crippen LogP contribution in [0.4, 0.5) is 4.79 Å². The van der Waals surface area contributed by atoms with E-state index in [2.05, 4.69) is 10.3 Å². The van der Waals surface area contributed by atoms with E-state index in [1.165, 1.54) is 19.3 Å². The highest BCUT2D eigenvalue weighted by Gasteiger charge is 2.30. The SMILES string of the molecule is CN(C(=O)NCc1cc2cc(Cl)ccc2[nH]1)C1CCCN(C(=O)CC2CCC2)C1. The first kappa shape index (κ1) is 20.1. The molecular formula is C22H29ClN4O2. The first-order valence-electron chi connectivity index (χ1n) is 10.5. The number of carbonyl (C=O) groups is 2. The summed E-state index contributed by atoms with van der Waals surface area (Å²) in [4.78, 5) is 32.2. The molecule has 1 unspecified atom stereocenters. The van der Waals surface area contributed by atoms with Crippen molar-refractivity contribution in [1.29, 1.82) is 0 Å². The third kappa shape index (κ3) is 4.69. The number of nitrogens with zero attached hydrogens (tertiary/aromatic N) is 2. The lowest BCUT2D eigenvalue weighted by Crippen LogP contribution is -2.52. The number of likely N-dealkylation sites (N-methyl/N-ethyl adjacent to an activating group) is 1. The summed E-state index contributed by atoms with van der Waals surface area (Å²) in [5.41, 5.74) is 1.94. The van der Waals surface area contributed by atoms with E-state index in [1.807, 2.05) is 36.2 Å². The fourth-order valence-electron chi connectivity index (χ4n) is 4.29. The van der Waals surface area contributed by atoms with Gasteiger partial charge in [0.2, 0.25) is 5.91 Å². The fraction of sp³-hybridized carbons (Fsp3) is 0.545. The predicted molar refractivity (Wildman–Crippen MR) is 115 cm³/mol. The zero-order chi connectivity index (χ0) is 20.4. The third-order valence-electron chi connectivity index (χ3n) is 6.37. The van der Waals surface area contributed by atoms with E-state index < -0.39 is 0 Å². The number of H-pyrrole nitrogens is 1. The number of amides is 3. The van der Waals surface area contributed by atoms with Crippen molar-refractivity contribution in [3.8, 4) is 0 Å². The van der Waals surface area contributed by atoms with Gasteiger partial charge in [-0.3, -0.25) is 4.79 Å². The smallest absolute Gasteiger partial charge is 0.317 e. The van der Waals surface area contributed by atoms with Gasteiger partial charge in [0.25, 0.3) is 0 Å². The highest BCUT2D eigenvalue weighted by Crippen LogP contribution is 2.30. The number of carbonyl (C=O) groups excluding carboxylic acids is 2.